The molecule has 4 nitrogen and oxygen atoms in total. The first-order valence-electron chi connectivity index (χ1n) is 6.87. The molecular formula is C18H17IO4. The van der Waals surface area contributed by atoms with Crippen molar-refractivity contribution in [1.82, 2.24) is 0 Å². The molecular weight excluding hydrogens is 407 g/mol. The SMILES string of the molecule is COc1cc(C=CC(=O)c2ccc(I)cc2)cc(OC)c1OC. The van der Waals surface area contributed by atoms with Gasteiger partial charge in [0.05, 0.1) is 21.3 Å². The van der Waals surface area contributed by atoms with Crippen LogP contribution in [0.3, 0.4) is 0 Å². The molecule has 0 saturated heterocycles. The number of hydrogen-bond acceptors (Lipinski definition) is 4. The summed E-state index contributed by atoms with van der Waals surface area (Å²) >= 11 is 2.20. The van der Waals surface area contributed by atoms with E-state index in [1.807, 2.05) is 24.3 Å². The maximum absolute atomic E-state index is 12.2. The normalized spacial score (nSPS) is 10.6. The smallest absolute Gasteiger partial charge is 0.203 e. The summed E-state index contributed by atoms with van der Waals surface area (Å²) in [6.45, 7) is 0. The first-order chi connectivity index (χ1) is 11.1. The van der Waals surface area contributed by atoms with Crippen LogP contribution < -0.4 is 14.2 Å². The first-order valence-corrected chi connectivity index (χ1v) is 7.95. The van der Waals surface area contributed by atoms with Crippen LogP contribution in [0.1, 0.15) is 15.9 Å². The topological polar surface area (TPSA) is 44.8 Å². The van der Waals surface area contributed by atoms with Gasteiger partial charge in [0.25, 0.3) is 0 Å². The summed E-state index contributed by atoms with van der Waals surface area (Å²) in [5, 5.41) is 0. The maximum Gasteiger partial charge on any atom is 0.203 e. The molecule has 0 aromatic heterocycles. The van der Waals surface area contributed by atoms with Gasteiger partial charge in [-0.25, -0.2) is 0 Å². The van der Waals surface area contributed by atoms with Crippen LogP contribution in [0, 0.1) is 3.57 Å². The van der Waals surface area contributed by atoms with Crippen molar-refractivity contribution in [1.29, 1.82) is 0 Å². The first kappa shape index (κ1) is 17.3. The summed E-state index contributed by atoms with van der Waals surface area (Å²) in [6.07, 6.45) is 3.26. The minimum Gasteiger partial charge on any atom is -0.493 e. The van der Waals surface area contributed by atoms with E-state index in [4.69, 9.17) is 14.2 Å². The predicted molar refractivity (Wildman–Crippen MR) is 98.6 cm³/mol. The van der Waals surface area contributed by atoms with Gasteiger partial charge in [-0.3, -0.25) is 4.79 Å². The molecule has 0 bridgehead atoms. The Morgan fingerprint density at radius 1 is 0.957 bits per heavy atom. The monoisotopic (exact) mass is 424 g/mol. The van der Waals surface area contributed by atoms with Crippen LogP contribution in [-0.2, 0) is 0 Å². The molecule has 120 valence electrons. The summed E-state index contributed by atoms with van der Waals surface area (Å²) in [5.74, 6) is 1.56. The Kier molecular flexibility index (Phi) is 6.04. The maximum atomic E-state index is 12.2. The summed E-state index contributed by atoms with van der Waals surface area (Å²) in [7, 11) is 4.67. The molecule has 0 aliphatic carbocycles. The molecule has 2 rings (SSSR count). The molecule has 2 aromatic carbocycles. The highest BCUT2D eigenvalue weighted by Crippen LogP contribution is 2.38. The van der Waals surface area contributed by atoms with Gasteiger partial charge in [-0.2, -0.15) is 0 Å². The van der Waals surface area contributed by atoms with Crippen molar-refractivity contribution in [3.05, 3.63) is 57.2 Å². The highest BCUT2D eigenvalue weighted by Gasteiger charge is 2.12. The van der Waals surface area contributed by atoms with Gasteiger partial charge in [0.15, 0.2) is 17.3 Å². The number of methoxy groups -OCH3 is 3. The number of halogens is 1. The van der Waals surface area contributed by atoms with Crippen LogP contribution in [-0.4, -0.2) is 27.1 Å². The second-order valence-corrected chi connectivity index (χ2v) is 5.91. The average Bonchev–Trinajstić information content (AvgIpc) is 2.59. The second-order valence-electron chi connectivity index (χ2n) is 4.66. The molecule has 0 spiro atoms. The van der Waals surface area contributed by atoms with Gasteiger partial charge in [0.1, 0.15) is 0 Å². The van der Waals surface area contributed by atoms with Crippen LogP contribution in [0.5, 0.6) is 17.2 Å². The number of ketones is 1. The number of benzene rings is 2. The fourth-order valence-corrected chi connectivity index (χ4v) is 2.44. The number of carbonyl (C=O) groups is 1. The van der Waals surface area contributed by atoms with E-state index in [-0.39, 0.29) is 5.78 Å². The third-order valence-corrected chi connectivity index (χ3v) is 3.96. The lowest BCUT2D eigenvalue weighted by molar-refractivity contribution is 0.104. The van der Waals surface area contributed by atoms with E-state index < -0.39 is 0 Å². The second kappa shape index (κ2) is 8.01. The zero-order valence-electron chi connectivity index (χ0n) is 13.1. The molecule has 5 heteroatoms. The van der Waals surface area contributed by atoms with E-state index >= 15 is 0 Å². The summed E-state index contributed by atoms with van der Waals surface area (Å²) in [6, 6.07) is 11.0. The molecule has 0 atom stereocenters. The lowest BCUT2D eigenvalue weighted by Crippen LogP contribution is -1.96. The van der Waals surface area contributed by atoms with Crippen LogP contribution in [0.2, 0.25) is 0 Å². The molecule has 0 amide bonds. The summed E-state index contributed by atoms with van der Waals surface area (Å²) < 4.78 is 17.0. The van der Waals surface area contributed by atoms with Gasteiger partial charge < -0.3 is 14.2 Å². The van der Waals surface area contributed by atoms with Crippen molar-refractivity contribution in [2.45, 2.75) is 0 Å². The van der Waals surface area contributed by atoms with E-state index in [1.54, 1.807) is 39.5 Å². The van der Waals surface area contributed by atoms with Gasteiger partial charge in [-0.1, -0.05) is 18.2 Å². The van der Waals surface area contributed by atoms with Gasteiger partial charge >= 0.3 is 0 Å². The molecule has 0 N–H and O–H groups in total. The molecule has 0 saturated carbocycles. The van der Waals surface area contributed by atoms with Gasteiger partial charge in [-0.15, -0.1) is 0 Å². The zero-order chi connectivity index (χ0) is 16.8. The predicted octanol–water partition coefficient (Wildman–Crippen LogP) is 4.21. The summed E-state index contributed by atoms with van der Waals surface area (Å²) in [5.41, 5.74) is 1.44. The van der Waals surface area contributed by atoms with E-state index in [0.29, 0.717) is 22.8 Å². The van der Waals surface area contributed by atoms with Crippen molar-refractivity contribution < 1.29 is 19.0 Å². The van der Waals surface area contributed by atoms with Crippen LogP contribution >= 0.6 is 22.6 Å². The Bertz CT molecular complexity index is 695. The van der Waals surface area contributed by atoms with E-state index in [9.17, 15) is 4.79 Å². The highest BCUT2D eigenvalue weighted by molar-refractivity contribution is 14.1. The highest BCUT2D eigenvalue weighted by atomic mass is 127. The van der Waals surface area contributed by atoms with Gasteiger partial charge in [0, 0.05) is 9.13 Å². The van der Waals surface area contributed by atoms with E-state index in [0.717, 1.165) is 9.13 Å². The van der Waals surface area contributed by atoms with E-state index in [2.05, 4.69) is 22.6 Å². The van der Waals surface area contributed by atoms with Crippen molar-refractivity contribution in [3.8, 4) is 17.2 Å². The van der Waals surface area contributed by atoms with Crippen molar-refractivity contribution >= 4 is 34.5 Å². The molecule has 0 heterocycles. The average molecular weight is 424 g/mol. The van der Waals surface area contributed by atoms with Crippen molar-refractivity contribution in [2.24, 2.45) is 0 Å². The fraction of sp³-hybridized carbons (Fsp3) is 0.167. The Morgan fingerprint density at radius 2 is 1.52 bits per heavy atom. The molecule has 2 aromatic rings. The van der Waals surface area contributed by atoms with Crippen LogP contribution in [0.4, 0.5) is 0 Å². The van der Waals surface area contributed by atoms with Crippen LogP contribution in [0.25, 0.3) is 6.08 Å². The lowest BCUT2D eigenvalue weighted by atomic mass is 10.1. The lowest BCUT2D eigenvalue weighted by Gasteiger charge is -2.12. The molecule has 0 unspecified atom stereocenters. The standard InChI is InChI=1S/C18H17IO4/c1-21-16-10-12(11-17(22-2)18(16)23-3)4-9-15(20)13-5-7-14(19)8-6-13/h4-11H,1-3H3. The molecule has 0 radical (unpaired) electrons. The third kappa shape index (κ3) is 4.25. The Morgan fingerprint density at radius 3 is 2.00 bits per heavy atom. The van der Waals surface area contributed by atoms with E-state index in [1.165, 1.54) is 6.08 Å². The molecule has 0 aliphatic heterocycles. The number of rotatable bonds is 6. The molecule has 0 fully saturated rings. The Hall–Kier alpha value is -2.02. The number of allylic oxidation sites excluding steroid dienone is 1. The number of carbonyl (C=O) groups excluding carboxylic acids is 1. The van der Waals surface area contributed by atoms with Gasteiger partial charge in [-0.05, 0) is 58.5 Å². The van der Waals surface area contributed by atoms with Crippen molar-refractivity contribution in [3.63, 3.8) is 0 Å². The zero-order valence-corrected chi connectivity index (χ0v) is 15.3. The van der Waals surface area contributed by atoms with Crippen molar-refractivity contribution in [2.75, 3.05) is 21.3 Å². The number of hydrogen-bond donors (Lipinski definition) is 0. The summed E-state index contributed by atoms with van der Waals surface area (Å²) in [4.78, 5) is 12.2. The van der Waals surface area contributed by atoms with Crippen LogP contribution in [0.15, 0.2) is 42.5 Å². The third-order valence-electron chi connectivity index (χ3n) is 3.24. The molecule has 23 heavy (non-hydrogen) atoms. The number of ether oxygens (including phenoxy) is 3. The Labute approximate surface area is 149 Å². The minimum atomic E-state index is -0.0600. The Balaban J connectivity index is 2.28. The largest absolute Gasteiger partial charge is 0.493 e. The fourth-order valence-electron chi connectivity index (χ4n) is 2.08. The van der Waals surface area contributed by atoms with Gasteiger partial charge in [0.2, 0.25) is 5.75 Å². The minimum absolute atomic E-state index is 0.0600. The quantitative estimate of drug-likeness (QED) is 0.396. The molecule has 0 aliphatic rings.